The zero-order chi connectivity index (χ0) is 11.0. The highest BCUT2D eigenvalue weighted by Crippen LogP contribution is 2.23. The van der Waals surface area contributed by atoms with E-state index in [2.05, 4.69) is 10.3 Å². The number of sulfone groups is 1. The van der Waals surface area contributed by atoms with Gasteiger partial charge in [0.15, 0.2) is 9.84 Å². The number of aliphatic imine (C=N–C) groups is 1. The molecule has 0 fully saturated rings. The van der Waals surface area contributed by atoms with Gasteiger partial charge in [-0.15, -0.1) is 0 Å². The van der Waals surface area contributed by atoms with E-state index in [-0.39, 0.29) is 0 Å². The zero-order valence-corrected chi connectivity index (χ0v) is 7.98. The summed E-state index contributed by atoms with van der Waals surface area (Å²) in [4.78, 5) is 10.7. The number of nitro groups is 1. The number of hydrogen-bond donors (Lipinski definition) is 2. The fourth-order valence-electron chi connectivity index (χ4n) is 0.888. The van der Waals surface area contributed by atoms with Gasteiger partial charge in [0.05, 0.1) is 17.5 Å². The van der Waals surface area contributed by atoms with Crippen LogP contribution in [0.1, 0.15) is 0 Å². The van der Waals surface area contributed by atoms with Crippen molar-refractivity contribution in [3.63, 3.8) is 0 Å². The van der Waals surface area contributed by atoms with Gasteiger partial charge in [-0.05, 0) is 0 Å². The summed E-state index contributed by atoms with van der Waals surface area (Å²) >= 11 is 0. The normalized spacial score (nSPS) is 26.6. The molecule has 8 nitrogen and oxygen atoms in total. The van der Waals surface area contributed by atoms with Crippen LogP contribution in [0.4, 0.5) is 0 Å². The summed E-state index contributed by atoms with van der Waals surface area (Å²) in [5.74, 6) is 0. The lowest BCUT2D eigenvalue weighted by molar-refractivity contribution is -0.432. The van der Waals surface area contributed by atoms with Gasteiger partial charge in [-0.2, -0.15) is 0 Å². The number of rotatable bonds is 2. The molecule has 0 spiro atoms. The van der Waals surface area contributed by atoms with Crippen LogP contribution in [-0.4, -0.2) is 30.9 Å². The number of hydrogen-bond acceptors (Lipinski definition) is 7. The molecule has 0 aromatic rings. The third kappa shape index (κ3) is 1.46. The lowest BCUT2D eigenvalue weighted by atomic mass is 10.3. The highest BCUT2D eigenvalue weighted by atomic mass is 32.2. The first-order valence-electron chi connectivity index (χ1n) is 3.42. The van der Waals surface area contributed by atoms with Gasteiger partial charge in [0.25, 0.3) is 0 Å². The van der Waals surface area contributed by atoms with Gasteiger partial charge in [0.2, 0.25) is 0 Å². The Morgan fingerprint density at radius 2 is 2.29 bits per heavy atom. The van der Waals surface area contributed by atoms with Crippen LogP contribution in [0.2, 0.25) is 0 Å². The van der Waals surface area contributed by atoms with Crippen molar-refractivity contribution in [2.45, 2.75) is 4.99 Å². The van der Waals surface area contributed by atoms with E-state index in [0.29, 0.717) is 0 Å². The van der Waals surface area contributed by atoms with Crippen molar-refractivity contribution in [3.8, 4) is 0 Å². The van der Waals surface area contributed by atoms with Crippen molar-refractivity contribution in [3.05, 3.63) is 22.0 Å². The SMILES string of the molecule is CS(=O)(=O)C1(N)N=CNC=C1[N+](=O)[O-]. The molecule has 14 heavy (non-hydrogen) atoms. The average molecular weight is 220 g/mol. The Bertz CT molecular complexity index is 425. The maximum absolute atomic E-state index is 11.2. The van der Waals surface area contributed by atoms with Crippen molar-refractivity contribution < 1.29 is 13.3 Å². The molecule has 1 aliphatic rings. The van der Waals surface area contributed by atoms with Gasteiger partial charge >= 0.3 is 10.7 Å². The van der Waals surface area contributed by atoms with E-state index in [1.54, 1.807) is 0 Å². The monoisotopic (exact) mass is 220 g/mol. The smallest absolute Gasteiger partial charge is 0.319 e. The minimum atomic E-state index is -3.89. The number of nitrogens with zero attached hydrogens (tertiary/aromatic N) is 2. The van der Waals surface area contributed by atoms with Crippen molar-refractivity contribution in [2.24, 2.45) is 10.7 Å². The molecule has 1 rings (SSSR count). The zero-order valence-electron chi connectivity index (χ0n) is 7.17. The molecule has 0 bridgehead atoms. The molecule has 9 heteroatoms. The van der Waals surface area contributed by atoms with Crippen LogP contribution < -0.4 is 11.1 Å². The van der Waals surface area contributed by atoms with E-state index in [9.17, 15) is 18.5 Å². The highest BCUT2D eigenvalue weighted by Gasteiger charge is 2.49. The van der Waals surface area contributed by atoms with Crippen molar-refractivity contribution in [2.75, 3.05) is 6.26 Å². The number of nitrogens with one attached hydrogen (secondary N) is 1. The largest absolute Gasteiger partial charge is 0.347 e. The van der Waals surface area contributed by atoms with Crippen LogP contribution in [0.25, 0.3) is 0 Å². The molecule has 0 aromatic carbocycles. The topological polar surface area (TPSA) is 128 Å². The van der Waals surface area contributed by atoms with Crippen molar-refractivity contribution >= 4 is 16.2 Å². The third-order valence-corrected chi connectivity index (χ3v) is 3.13. The third-order valence-electron chi connectivity index (χ3n) is 1.68. The Morgan fingerprint density at radius 1 is 1.71 bits per heavy atom. The second-order valence-electron chi connectivity index (χ2n) is 2.68. The maximum Gasteiger partial charge on any atom is 0.319 e. The molecule has 1 atom stereocenters. The van der Waals surface area contributed by atoms with E-state index in [0.717, 1.165) is 18.8 Å². The second-order valence-corrected chi connectivity index (χ2v) is 4.85. The first-order valence-corrected chi connectivity index (χ1v) is 5.31. The van der Waals surface area contributed by atoms with Gasteiger partial charge in [-0.1, -0.05) is 0 Å². The molecule has 0 aromatic heterocycles. The summed E-state index contributed by atoms with van der Waals surface area (Å²) in [6.45, 7) is 0. The fraction of sp³-hybridized carbons (Fsp3) is 0.400. The summed E-state index contributed by atoms with van der Waals surface area (Å²) in [5, 5.41) is 12.8. The Kier molecular flexibility index (Phi) is 2.29. The van der Waals surface area contributed by atoms with Crippen LogP contribution in [0.5, 0.6) is 0 Å². The summed E-state index contributed by atoms with van der Waals surface area (Å²) in [6, 6.07) is 0. The van der Waals surface area contributed by atoms with Crippen molar-refractivity contribution in [1.82, 2.24) is 5.32 Å². The first-order chi connectivity index (χ1) is 6.29. The van der Waals surface area contributed by atoms with Gasteiger partial charge in [-0.3, -0.25) is 15.8 Å². The molecule has 0 saturated carbocycles. The molecule has 1 aliphatic heterocycles. The highest BCUT2D eigenvalue weighted by molar-refractivity contribution is 7.92. The predicted molar refractivity (Wildman–Crippen MR) is 48.5 cm³/mol. The van der Waals surface area contributed by atoms with Crippen molar-refractivity contribution in [1.29, 1.82) is 0 Å². The number of nitrogens with two attached hydrogens (primary N) is 1. The van der Waals surface area contributed by atoms with E-state index in [4.69, 9.17) is 5.73 Å². The van der Waals surface area contributed by atoms with E-state index >= 15 is 0 Å². The second kappa shape index (κ2) is 3.03. The Morgan fingerprint density at radius 3 is 2.64 bits per heavy atom. The van der Waals surface area contributed by atoms with Gasteiger partial charge in [-0.25, -0.2) is 13.4 Å². The standard InChI is InChI=1S/C5H8N4O4S/c1-14(12,13)5(6)4(9(10)11)2-7-3-8-5/h2-3H,6H2,1H3,(H,7,8). The molecular weight excluding hydrogens is 212 g/mol. The summed E-state index contributed by atoms with van der Waals surface area (Å²) in [6.07, 6.45) is 2.68. The van der Waals surface area contributed by atoms with E-state index in [1.165, 1.54) is 0 Å². The quantitative estimate of drug-likeness (QED) is 0.425. The molecule has 0 amide bonds. The molecule has 0 saturated heterocycles. The van der Waals surface area contributed by atoms with Crippen LogP contribution in [0.3, 0.4) is 0 Å². The van der Waals surface area contributed by atoms with Crippen LogP contribution in [0, 0.1) is 10.1 Å². The average Bonchev–Trinajstić information content (AvgIpc) is 2.02. The van der Waals surface area contributed by atoms with Gasteiger partial charge in [0.1, 0.15) is 0 Å². The molecule has 1 unspecified atom stereocenters. The van der Waals surface area contributed by atoms with E-state index in [1.807, 2.05) is 0 Å². The van der Waals surface area contributed by atoms with Gasteiger partial charge < -0.3 is 5.32 Å². The molecule has 3 N–H and O–H groups in total. The minimum Gasteiger partial charge on any atom is -0.347 e. The molecule has 1 heterocycles. The summed E-state index contributed by atoms with van der Waals surface area (Å²) in [5.41, 5.74) is 4.64. The Hall–Kier alpha value is -1.48. The summed E-state index contributed by atoms with van der Waals surface area (Å²) in [7, 11) is -3.89. The van der Waals surface area contributed by atoms with Gasteiger partial charge in [0, 0.05) is 6.26 Å². The molecular formula is C5H8N4O4S. The molecule has 78 valence electrons. The fourth-order valence-corrected chi connectivity index (χ4v) is 1.65. The minimum absolute atomic E-state index is 0.706. The lowest BCUT2D eigenvalue weighted by Gasteiger charge is -2.21. The Labute approximate surface area is 79.6 Å². The van der Waals surface area contributed by atoms with Crippen LogP contribution >= 0.6 is 0 Å². The predicted octanol–water partition coefficient (Wildman–Crippen LogP) is -1.61. The molecule has 0 radical (unpaired) electrons. The molecule has 0 aliphatic carbocycles. The van der Waals surface area contributed by atoms with E-state index < -0.39 is 25.5 Å². The maximum atomic E-state index is 11.2. The van der Waals surface area contributed by atoms with Crippen LogP contribution in [0.15, 0.2) is 16.9 Å². The summed E-state index contributed by atoms with van der Waals surface area (Å²) < 4.78 is 22.4. The van der Waals surface area contributed by atoms with Crippen LogP contribution in [-0.2, 0) is 9.84 Å². The Balaban J connectivity index is 3.33. The first kappa shape index (κ1) is 10.6. The lowest BCUT2D eigenvalue weighted by Crippen LogP contribution is -2.51.